The Bertz CT molecular complexity index is 2880. The van der Waals surface area contributed by atoms with Gasteiger partial charge in [0, 0.05) is 22.5 Å². The lowest BCUT2D eigenvalue weighted by Crippen LogP contribution is -2.16. The molecule has 0 atom stereocenters. The number of fused-ring (bicyclic) bond motifs is 4. The maximum Gasteiger partial charge on any atom is 0.0465 e. The summed E-state index contributed by atoms with van der Waals surface area (Å²) < 4.78 is 0. The first kappa shape index (κ1) is 45.5. The summed E-state index contributed by atoms with van der Waals surface area (Å²) >= 11 is 0. The van der Waals surface area contributed by atoms with Crippen LogP contribution in [0.3, 0.4) is 0 Å². The summed E-state index contributed by atoms with van der Waals surface area (Å²) in [5.41, 5.74) is 25.5. The summed E-state index contributed by atoms with van der Waals surface area (Å²) in [4.78, 5) is 2.47. The highest BCUT2D eigenvalue weighted by atomic mass is 15.1. The largest absolute Gasteiger partial charge is 0.310 e. The molecule has 0 spiro atoms. The molecule has 0 aromatic heterocycles. The third-order valence-corrected chi connectivity index (χ3v) is 14.8. The van der Waals surface area contributed by atoms with Crippen LogP contribution in [0.4, 0.5) is 17.1 Å². The predicted octanol–water partition coefficient (Wildman–Crippen LogP) is 18.5. The second-order valence-corrected chi connectivity index (χ2v) is 24.3. The monoisotopic (exact) mass is 868 g/mol. The van der Waals surface area contributed by atoms with Crippen LogP contribution in [0.5, 0.6) is 0 Å². The number of hydrogen-bond donors (Lipinski definition) is 0. The van der Waals surface area contributed by atoms with Gasteiger partial charge in [-0.2, -0.15) is 0 Å². The molecule has 0 amide bonds. The van der Waals surface area contributed by atoms with Crippen LogP contribution in [0.1, 0.15) is 154 Å². The zero-order valence-corrected chi connectivity index (χ0v) is 42.6. The van der Waals surface area contributed by atoms with Gasteiger partial charge in [-0.15, -0.1) is 0 Å². The van der Waals surface area contributed by atoms with Crippen molar-refractivity contribution >= 4 is 17.1 Å². The molecule has 1 nitrogen and oxygen atoms in total. The smallest absolute Gasteiger partial charge is 0.0465 e. The van der Waals surface area contributed by atoms with Crippen LogP contribution in [0.15, 0.2) is 140 Å². The molecule has 9 rings (SSSR count). The Morgan fingerprint density at radius 3 is 1.33 bits per heavy atom. The first-order valence-electron chi connectivity index (χ1n) is 24.7. The van der Waals surface area contributed by atoms with Gasteiger partial charge in [-0.05, 0) is 179 Å². The minimum absolute atomic E-state index is 0.0493. The fourth-order valence-electron chi connectivity index (χ4n) is 10.5. The van der Waals surface area contributed by atoms with Crippen LogP contribution >= 0.6 is 0 Å². The Kier molecular flexibility index (Phi) is 11.2. The first-order chi connectivity index (χ1) is 31.0. The van der Waals surface area contributed by atoms with Gasteiger partial charge in [-0.3, -0.25) is 0 Å². The number of aryl methyl sites for hydroxylation is 1. The molecule has 0 radical (unpaired) electrons. The number of rotatable bonds is 6. The van der Waals surface area contributed by atoms with Crippen molar-refractivity contribution in [2.24, 2.45) is 0 Å². The van der Waals surface area contributed by atoms with Crippen molar-refractivity contribution in [2.75, 3.05) is 4.90 Å². The van der Waals surface area contributed by atoms with Crippen molar-refractivity contribution in [3.05, 3.63) is 184 Å². The molecule has 0 unspecified atom stereocenters. The van der Waals surface area contributed by atoms with Crippen molar-refractivity contribution in [2.45, 2.75) is 150 Å². The van der Waals surface area contributed by atoms with E-state index in [4.69, 9.17) is 0 Å². The van der Waals surface area contributed by atoms with Gasteiger partial charge < -0.3 is 4.90 Å². The molecule has 7 aromatic carbocycles. The van der Waals surface area contributed by atoms with E-state index in [1.54, 1.807) is 0 Å². The zero-order chi connectivity index (χ0) is 47.1. The zero-order valence-electron chi connectivity index (χ0n) is 42.6. The van der Waals surface area contributed by atoms with E-state index in [-0.39, 0.29) is 27.1 Å². The highest BCUT2D eigenvalue weighted by Crippen LogP contribution is 2.51. The first-order valence-corrected chi connectivity index (χ1v) is 24.7. The normalized spacial score (nSPS) is 14.7. The molecular weight excluding hydrogens is 795 g/mol. The van der Waals surface area contributed by atoms with Gasteiger partial charge in [-0.25, -0.2) is 0 Å². The Hall–Kier alpha value is -5.66. The van der Waals surface area contributed by atoms with E-state index in [1.807, 2.05) is 0 Å². The lowest BCUT2D eigenvalue weighted by Gasteiger charge is -2.29. The fraction of sp³-hybridized carbons (Fsp3) is 0.354. The molecule has 2 aliphatic carbocycles. The molecule has 7 aromatic rings. The average molecular weight is 868 g/mol. The Morgan fingerprint density at radius 2 is 0.803 bits per heavy atom. The van der Waals surface area contributed by atoms with E-state index < -0.39 is 0 Å². The number of anilines is 3. The van der Waals surface area contributed by atoms with Crippen LogP contribution < -0.4 is 4.90 Å². The molecule has 1 heteroatoms. The quantitative estimate of drug-likeness (QED) is 0.161. The van der Waals surface area contributed by atoms with Crippen molar-refractivity contribution in [1.29, 1.82) is 0 Å². The van der Waals surface area contributed by atoms with Crippen LogP contribution in [0, 0.1) is 0 Å². The summed E-state index contributed by atoms with van der Waals surface area (Å²) in [7, 11) is 0. The molecule has 0 N–H and O–H groups in total. The van der Waals surface area contributed by atoms with E-state index >= 15 is 0 Å². The molecule has 0 saturated heterocycles. The summed E-state index contributed by atoms with van der Waals surface area (Å²) in [6.07, 6.45) is 4.76. The maximum atomic E-state index is 2.52. The van der Waals surface area contributed by atoms with Crippen molar-refractivity contribution in [3.63, 3.8) is 0 Å². The minimum atomic E-state index is -0.103. The second kappa shape index (κ2) is 16.3. The predicted molar refractivity (Wildman–Crippen MR) is 286 cm³/mol. The average Bonchev–Trinajstić information content (AvgIpc) is 3.50. The van der Waals surface area contributed by atoms with Gasteiger partial charge in [-0.1, -0.05) is 194 Å². The standard InChI is InChI=1S/C65H73N/c1-61(2,3)48-34-46(35-49(39-48)62(4,5)6)42-23-27-52(28-24-42)66(54-31-32-57-56-21-17-18-22-59(56)65(13,14)60(57)41-54)53-29-25-43(26-30-53)58-38-45(33-44-19-15-16-20-55(44)58)47-36-50(63(7,8)9)40-51(37-47)64(10,11)12/h17-18,21-41H,15-16,19-20H2,1-14H3. The third-order valence-electron chi connectivity index (χ3n) is 14.8. The van der Waals surface area contributed by atoms with Crippen molar-refractivity contribution < 1.29 is 0 Å². The summed E-state index contributed by atoms with van der Waals surface area (Å²) in [6.45, 7) is 32.7. The fourth-order valence-corrected chi connectivity index (χ4v) is 10.5. The lowest BCUT2D eigenvalue weighted by atomic mass is 9.78. The third kappa shape index (κ3) is 8.60. The molecule has 0 fully saturated rings. The highest BCUT2D eigenvalue weighted by molar-refractivity contribution is 5.87. The summed E-state index contributed by atoms with van der Waals surface area (Å²) in [6, 6.07) is 54.5. The van der Waals surface area contributed by atoms with Crippen LogP contribution in [-0.2, 0) is 39.9 Å². The Morgan fingerprint density at radius 1 is 0.364 bits per heavy atom. The molecule has 66 heavy (non-hydrogen) atoms. The SMILES string of the molecule is CC(C)(C)c1cc(-c2ccc(N(c3ccc(-c4cc(-c5cc(C(C)(C)C)cc(C(C)(C)C)c5)cc5c4CCCC5)cc3)c3ccc4c(c3)C(C)(C)c3ccccc3-4)cc2)cc(C(C)(C)C)c1. The molecule has 0 saturated carbocycles. The Balaban J connectivity index is 1.16. The Labute approximate surface area is 398 Å². The summed E-state index contributed by atoms with van der Waals surface area (Å²) in [5.74, 6) is 0. The lowest BCUT2D eigenvalue weighted by molar-refractivity contribution is 0.568. The molecular formula is C65H73N. The van der Waals surface area contributed by atoms with Gasteiger partial charge >= 0.3 is 0 Å². The molecule has 0 heterocycles. The van der Waals surface area contributed by atoms with Gasteiger partial charge in [0.05, 0.1) is 0 Å². The van der Waals surface area contributed by atoms with Crippen LogP contribution in [0.2, 0.25) is 0 Å². The highest BCUT2D eigenvalue weighted by Gasteiger charge is 2.36. The van der Waals surface area contributed by atoms with E-state index in [0.29, 0.717) is 0 Å². The molecule has 0 aliphatic heterocycles. The van der Waals surface area contributed by atoms with Gasteiger partial charge in [0.1, 0.15) is 0 Å². The maximum absolute atomic E-state index is 2.52. The van der Waals surface area contributed by atoms with Gasteiger partial charge in [0.15, 0.2) is 0 Å². The van der Waals surface area contributed by atoms with Crippen molar-refractivity contribution in [1.82, 2.24) is 0 Å². The summed E-state index contributed by atoms with van der Waals surface area (Å²) in [5, 5.41) is 0. The van der Waals surface area contributed by atoms with E-state index in [2.05, 4.69) is 241 Å². The van der Waals surface area contributed by atoms with Crippen LogP contribution in [-0.4, -0.2) is 0 Å². The molecule has 0 bridgehead atoms. The molecule has 338 valence electrons. The minimum Gasteiger partial charge on any atom is -0.310 e. The van der Waals surface area contributed by atoms with Gasteiger partial charge in [0.25, 0.3) is 0 Å². The second-order valence-electron chi connectivity index (χ2n) is 24.3. The van der Waals surface area contributed by atoms with E-state index in [1.165, 1.54) is 108 Å². The number of hydrogen-bond acceptors (Lipinski definition) is 1. The van der Waals surface area contributed by atoms with E-state index in [9.17, 15) is 0 Å². The topological polar surface area (TPSA) is 3.24 Å². The molecule has 2 aliphatic rings. The van der Waals surface area contributed by atoms with Crippen LogP contribution in [0.25, 0.3) is 44.5 Å². The van der Waals surface area contributed by atoms with E-state index in [0.717, 1.165) is 24.2 Å². The van der Waals surface area contributed by atoms with Crippen molar-refractivity contribution in [3.8, 4) is 44.5 Å². The number of nitrogens with zero attached hydrogens (tertiary/aromatic N) is 1. The number of benzene rings is 7. The van der Waals surface area contributed by atoms with Gasteiger partial charge in [0.2, 0.25) is 0 Å².